The number of esters is 2. The maximum atomic E-state index is 12.9. The van der Waals surface area contributed by atoms with Crippen molar-refractivity contribution in [3.8, 4) is 0 Å². The van der Waals surface area contributed by atoms with Gasteiger partial charge < -0.3 is 64.2 Å². The summed E-state index contributed by atoms with van der Waals surface area (Å²) in [4.78, 5) is 25.6. The zero-order chi connectivity index (χ0) is 48.2. The number of carbonyl (C=O) groups is 2. The fourth-order valence-electron chi connectivity index (χ4n) is 7.18. The summed E-state index contributed by atoms with van der Waals surface area (Å²) in [6, 6.07) is 0. The largest absolute Gasteiger partial charge is 0.462 e. The van der Waals surface area contributed by atoms with Crippen molar-refractivity contribution in [3.63, 3.8) is 0 Å². The first-order valence-corrected chi connectivity index (χ1v) is 24.5. The van der Waals surface area contributed by atoms with Crippen LogP contribution in [0.1, 0.15) is 142 Å². The van der Waals surface area contributed by atoms with Crippen LogP contribution in [-0.4, -0.2) is 142 Å². The smallest absolute Gasteiger partial charge is 0.306 e. The normalized spacial score (nSPS) is 26.8. The van der Waals surface area contributed by atoms with E-state index in [4.69, 9.17) is 28.4 Å². The second-order valence-electron chi connectivity index (χ2n) is 16.9. The molecule has 0 bridgehead atoms. The van der Waals surface area contributed by atoms with Crippen LogP contribution in [0.3, 0.4) is 0 Å². The Morgan fingerprint density at radius 2 is 0.955 bits per heavy atom. The third kappa shape index (κ3) is 25.9. The van der Waals surface area contributed by atoms with Gasteiger partial charge in [-0.25, -0.2) is 0 Å². The molecule has 0 radical (unpaired) electrons. The highest BCUT2D eigenvalue weighted by atomic mass is 16.7. The molecular formula is C51H84O15. The van der Waals surface area contributed by atoms with Crippen molar-refractivity contribution in [1.29, 1.82) is 0 Å². The first-order chi connectivity index (χ1) is 32.0. The molecule has 15 nitrogen and oxygen atoms in total. The Labute approximate surface area is 393 Å². The van der Waals surface area contributed by atoms with E-state index in [1.54, 1.807) is 0 Å². The molecular weight excluding hydrogens is 853 g/mol. The lowest BCUT2D eigenvalue weighted by Crippen LogP contribution is -2.61. The Hall–Kier alpha value is -3.06. The number of unbranched alkanes of at least 4 members (excludes halogenated alkanes) is 10. The molecule has 11 unspecified atom stereocenters. The minimum absolute atomic E-state index is 0.0379. The number of rotatable bonds is 36. The number of hydrogen-bond donors (Lipinski definition) is 7. The van der Waals surface area contributed by atoms with E-state index < -0.39 is 99.3 Å². The summed E-state index contributed by atoms with van der Waals surface area (Å²) in [5.74, 6) is -1.03. The van der Waals surface area contributed by atoms with Crippen LogP contribution in [0.15, 0.2) is 72.9 Å². The van der Waals surface area contributed by atoms with Gasteiger partial charge in [-0.3, -0.25) is 9.59 Å². The van der Waals surface area contributed by atoms with E-state index in [2.05, 4.69) is 74.6 Å². The maximum Gasteiger partial charge on any atom is 0.306 e. The number of allylic oxidation sites excluding steroid dienone is 12. The summed E-state index contributed by atoms with van der Waals surface area (Å²) in [5.41, 5.74) is 0. The van der Waals surface area contributed by atoms with Crippen LogP contribution in [-0.2, 0) is 38.0 Å². The molecule has 0 amide bonds. The highest BCUT2D eigenvalue weighted by molar-refractivity contribution is 5.70. The molecule has 0 aliphatic carbocycles. The molecule has 2 aliphatic rings. The van der Waals surface area contributed by atoms with Crippen LogP contribution in [0.25, 0.3) is 0 Å². The summed E-state index contributed by atoms with van der Waals surface area (Å²) < 4.78 is 33.4. The van der Waals surface area contributed by atoms with Crippen molar-refractivity contribution in [2.45, 2.75) is 210 Å². The second kappa shape index (κ2) is 37.9. The fourth-order valence-corrected chi connectivity index (χ4v) is 7.18. The van der Waals surface area contributed by atoms with Crippen molar-refractivity contribution >= 4 is 11.9 Å². The molecule has 0 aromatic rings. The van der Waals surface area contributed by atoms with Crippen molar-refractivity contribution in [2.24, 2.45) is 0 Å². The van der Waals surface area contributed by atoms with Gasteiger partial charge in [-0.1, -0.05) is 151 Å². The summed E-state index contributed by atoms with van der Waals surface area (Å²) >= 11 is 0. The Bertz CT molecular complexity index is 1430. The van der Waals surface area contributed by atoms with Gasteiger partial charge in [0.25, 0.3) is 0 Å². The molecule has 2 fully saturated rings. The van der Waals surface area contributed by atoms with Gasteiger partial charge in [0, 0.05) is 12.8 Å². The predicted octanol–water partition coefficient (Wildman–Crippen LogP) is 6.26. The van der Waals surface area contributed by atoms with E-state index in [1.165, 1.54) is 44.9 Å². The van der Waals surface area contributed by atoms with Gasteiger partial charge in [0.05, 0.1) is 19.8 Å². The van der Waals surface area contributed by atoms with Crippen LogP contribution >= 0.6 is 0 Å². The van der Waals surface area contributed by atoms with Crippen LogP contribution in [0.5, 0.6) is 0 Å². The van der Waals surface area contributed by atoms with Crippen molar-refractivity contribution in [1.82, 2.24) is 0 Å². The van der Waals surface area contributed by atoms with Gasteiger partial charge in [-0.15, -0.1) is 0 Å². The molecule has 7 N–H and O–H groups in total. The van der Waals surface area contributed by atoms with Crippen molar-refractivity contribution in [2.75, 3.05) is 26.4 Å². The molecule has 2 heterocycles. The van der Waals surface area contributed by atoms with E-state index in [0.717, 1.165) is 51.4 Å². The SMILES string of the molecule is CC/C=C\C/C=C\C/C=C\C/C=C\C/C=C\C/C=C\CCC(=O)OC(COC(=O)CCCCCCCCCCCCC)COC1OC(COC2OC(CO)C(O)C(O)C2O)C(O)C(O)C1O. The number of aliphatic hydroxyl groups excluding tert-OH is 7. The van der Waals surface area contributed by atoms with Crippen molar-refractivity contribution < 1.29 is 73.8 Å². The quantitative estimate of drug-likeness (QED) is 0.0209. The maximum absolute atomic E-state index is 12.9. The van der Waals surface area contributed by atoms with Gasteiger partial charge >= 0.3 is 11.9 Å². The highest BCUT2D eigenvalue weighted by Gasteiger charge is 2.47. The van der Waals surface area contributed by atoms with E-state index >= 15 is 0 Å². The third-order valence-corrected chi connectivity index (χ3v) is 11.2. The summed E-state index contributed by atoms with van der Waals surface area (Å²) in [5, 5.41) is 72.0. The Morgan fingerprint density at radius 3 is 1.47 bits per heavy atom. The van der Waals surface area contributed by atoms with E-state index in [0.29, 0.717) is 19.3 Å². The molecule has 0 saturated carbocycles. The fraction of sp³-hybridized carbons (Fsp3) is 0.725. The third-order valence-electron chi connectivity index (χ3n) is 11.2. The molecule has 2 rings (SSSR count). The first kappa shape index (κ1) is 59.1. The molecule has 0 spiro atoms. The lowest BCUT2D eigenvalue weighted by molar-refractivity contribution is -0.332. The van der Waals surface area contributed by atoms with Gasteiger partial charge in [-0.2, -0.15) is 0 Å². The number of aliphatic hydroxyl groups is 7. The lowest BCUT2D eigenvalue weighted by Gasteiger charge is -2.42. The van der Waals surface area contributed by atoms with Gasteiger partial charge in [0.15, 0.2) is 18.7 Å². The Balaban J connectivity index is 1.86. The molecule has 2 aliphatic heterocycles. The Morgan fingerprint density at radius 1 is 0.500 bits per heavy atom. The average molecular weight is 937 g/mol. The van der Waals surface area contributed by atoms with E-state index in [1.807, 2.05) is 12.2 Å². The minimum Gasteiger partial charge on any atom is -0.462 e. The molecule has 11 atom stereocenters. The number of carbonyl (C=O) groups excluding carboxylic acids is 2. The Kier molecular flexibility index (Phi) is 33.9. The van der Waals surface area contributed by atoms with Crippen molar-refractivity contribution in [3.05, 3.63) is 72.9 Å². The molecule has 0 aromatic carbocycles. The average Bonchev–Trinajstić information content (AvgIpc) is 3.31. The predicted molar refractivity (Wildman–Crippen MR) is 252 cm³/mol. The molecule has 66 heavy (non-hydrogen) atoms. The zero-order valence-corrected chi connectivity index (χ0v) is 39.6. The molecule has 378 valence electrons. The van der Waals surface area contributed by atoms with Crippen LogP contribution in [0.2, 0.25) is 0 Å². The second-order valence-corrected chi connectivity index (χ2v) is 16.9. The summed E-state index contributed by atoms with van der Waals surface area (Å²) in [6.07, 6.45) is 26.7. The molecule has 0 aromatic heterocycles. The zero-order valence-electron chi connectivity index (χ0n) is 39.6. The van der Waals surface area contributed by atoms with Crippen LogP contribution in [0, 0.1) is 0 Å². The van der Waals surface area contributed by atoms with Crippen LogP contribution in [0.4, 0.5) is 0 Å². The van der Waals surface area contributed by atoms with E-state index in [-0.39, 0.29) is 19.4 Å². The first-order valence-electron chi connectivity index (χ1n) is 24.5. The van der Waals surface area contributed by atoms with Gasteiger partial charge in [-0.05, 0) is 51.4 Å². The van der Waals surface area contributed by atoms with Gasteiger partial charge in [0.2, 0.25) is 0 Å². The standard InChI is InChI=1S/C51H84O15/c1-3-5-7-9-11-13-15-16-17-18-19-20-21-22-24-26-28-30-32-34-43(54)64-39(36-61-42(53)33-31-29-27-25-23-14-12-10-8-6-4-2)37-62-50-49(60)47(58)45(56)41(66-50)38-63-51-48(59)46(57)44(55)40(35-52)65-51/h5,7,11,13,16-17,19-20,22,24,28,30,39-41,44-52,55-60H,3-4,6,8-10,12,14-15,18,21,23,25-27,29,31-38H2,1-2H3/b7-5-,13-11-,17-16-,20-19-,24-22-,30-28-. The topological polar surface area (TPSA) is 231 Å². The minimum atomic E-state index is -1.78. The monoisotopic (exact) mass is 937 g/mol. The lowest BCUT2D eigenvalue weighted by atomic mass is 9.98. The number of ether oxygens (including phenoxy) is 6. The summed E-state index contributed by atoms with van der Waals surface area (Å²) in [7, 11) is 0. The molecule has 2 saturated heterocycles. The molecule has 15 heteroatoms. The van der Waals surface area contributed by atoms with Crippen LogP contribution < -0.4 is 0 Å². The highest BCUT2D eigenvalue weighted by Crippen LogP contribution is 2.26. The summed E-state index contributed by atoms with van der Waals surface area (Å²) in [6.45, 7) is 2.36. The number of hydrogen-bond acceptors (Lipinski definition) is 15. The van der Waals surface area contributed by atoms with Gasteiger partial charge in [0.1, 0.15) is 55.4 Å². The van der Waals surface area contributed by atoms with E-state index in [9.17, 15) is 45.3 Å².